The molecule has 0 amide bonds. The molecular formula is C13H16FNO. The van der Waals surface area contributed by atoms with Gasteiger partial charge in [-0.3, -0.25) is 4.79 Å². The second kappa shape index (κ2) is 3.98. The largest absolute Gasteiger partial charge is 0.319 e. The summed E-state index contributed by atoms with van der Waals surface area (Å²) in [6.07, 6.45) is 2.38. The normalized spacial score (nSPS) is 19.2. The number of carbonyl (C=O) groups excluding carboxylic acids is 1. The first kappa shape index (κ1) is 11.3. The molecule has 0 radical (unpaired) electrons. The van der Waals surface area contributed by atoms with Crippen LogP contribution in [0, 0.1) is 11.7 Å². The first-order valence-electron chi connectivity index (χ1n) is 5.57. The molecule has 0 saturated heterocycles. The van der Waals surface area contributed by atoms with E-state index in [9.17, 15) is 9.18 Å². The Morgan fingerprint density at radius 1 is 1.44 bits per heavy atom. The summed E-state index contributed by atoms with van der Waals surface area (Å²) in [7, 11) is 0. The van der Waals surface area contributed by atoms with Crippen LogP contribution in [-0.4, -0.2) is 11.3 Å². The summed E-state index contributed by atoms with van der Waals surface area (Å²) in [5, 5.41) is 0. The maximum absolute atomic E-state index is 12.7. The van der Waals surface area contributed by atoms with Crippen molar-refractivity contribution >= 4 is 5.78 Å². The van der Waals surface area contributed by atoms with E-state index in [1.165, 1.54) is 12.1 Å². The van der Waals surface area contributed by atoms with Crippen molar-refractivity contribution in [2.24, 2.45) is 11.7 Å². The fraction of sp³-hybridized carbons (Fsp3) is 0.462. The van der Waals surface area contributed by atoms with Gasteiger partial charge in [0.15, 0.2) is 5.78 Å². The van der Waals surface area contributed by atoms with Crippen molar-refractivity contribution in [2.45, 2.75) is 31.7 Å². The SMILES string of the molecule is CC(N)(C(=O)Cc1ccc(F)cc1)C1CC1. The molecule has 2 rings (SSSR count). The Morgan fingerprint density at radius 2 is 2.00 bits per heavy atom. The van der Waals surface area contributed by atoms with Crippen LogP contribution in [0.3, 0.4) is 0 Å². The molecular weight excluding hydrogens is 205 g/mol. The van der Waals surface area contributed by atoms with Gasteiger partial charge >= 0.3 is 0 Å². The Balaban J connectivity index is 2.04. The molecule has 1 atom stereocenters. The van der Waals surface area contributed by atoms with Gasteiger partial charge in [-0.05, 0) is 43.4 Å². The quantitative estimate of drug-likeness (QED) is 0.845. The first-order chi connectivity index (χ1) is 7.50. The molecule has 0 aliphatic heterocycles. The second-order valence-electron chi connectivity index (χ2n) is 4.78. The third-order valence-electron chi connectivity index (χ3n) is 3.30. The molecule has 1 aliphatic carbocycles. The number of Topliss-reactive ketones (excluding diaryl/α,β-unsaturated/α-hetero) is 1. The predicted molar refractivity (Wildman–Crippen MR) is 60.4 cm³/mol. The Kier molecular flexibility index (Phi) is 2.80. The van der Waals surface area contributed by atoms with Gasteiger partial charge < -0.3 is 5.73 Å². The minimum Gasteiger partial charge on any atom is -0.319 e. The average Bonchev–Trinajstić information content (AvgIpc) is 3.05. The van der Waals surface area contributed by atoms with Crippen LogP contribution in [0.4, 0.5) is 4.39 Å². The van der Waals surface area contributed by atoms with E-state index in [1.807, 2.05) is 0 Å². The Morgan fingerprint density at radius 3 is 2.50 bits per heavy atom. The van der Waals surface area contributed by atoms with Crippen molar-refractivity contribution < 1.29 is 9.18 Å². The van der Waals surface area contributed by atoms with Gasteiger partial charge in [0.05, 0.1) is 5.54 Å². The van der Waals surface area contributed by atoms with Crippen LogP contribution in [0.25, 0.3) is 0 Å². The van der Waals surface area contributed by atoms with E-state index < -0.39 is 5.54 Å². The topological polar surface area (TPSA) is 43.1 Å². The lowest BCUT2D eigenvalue weighted by Gasteiger charge is -2.22. The number of rotatable bonds is 4. The highest BCUT2D eigenvalue weighted by Crippen LogP contribution is 2.38. The highest BCUT2D eigenvalue weighted by molar-refractivity contribution is 5.90. The predicted octanol–water partition coefficient (Wildman–Crippen LogP) is 2.06. The van der Waals surface area contributed by atoms with E-state index in [2.05, 4.69) is 0 Å². The molecule has 1 aromatic rings. The summed E-state index contributed by atoms with van der Waals surface area (Å²) in [4.78, 5) is 12.0. The second-order valence-corrected chi connectivity index (χ2v) is 4.78. The molecule has 1 saturated carbocycles. The van der Waals surface area contributed by atoms with Gasteiger partial charge in [0.25, 0.3) is 0 Å². The maximum atomic E-state index is 12.7. The molecule has 1 aliphatic rings. The molecule has 3 heteroatoms. The number of hydrogen-bond acceptors (Lipinski definition) is 2. The molecule has 1 fully saturated rings. The molecule has 0 heterocycles. The molecule has 0 aromatic heterocycles. The minimum absolute atomic E-state index is 0.0432. The van der Waals surface area contributed by atoms with Crippen molar-refractivity contribution in [3.05, 3.63) is 35.6 Å². The highest BCUT2D eigenvalue weighted by Gasteiger charge is 2.43. The fourth-order valence-corrected chi connectivity index (χ4v) is 1.89. The molecule has 0 bridgehead atoms. The van der Waals surface area contributed by atoms with Crippen LogP contribution in [0.5, 0.6) is 0 Å². The highest BCUT2D eigenvalue weighted by atomic mass is 19.1. The Hall–Kier alpha value is -1.22. The van der Waals surface area contributed by atoms with E-state index in [1.54, 1.807) is 19.1 Å². The standard InChI is InChI=1S/C13H16FNO/c1-13(15,10-4-5-10)12(16)8-9-2-6-11(14)7-3-9/h2-3,6-7,10H,4-5,8,15H2,1H3. The summed E-state index contributed by atoms with van der Waals surface area (Å²) in [5.41, 5.74) is 6.13. The van der Waals surface area contributed by atoms with Crippen LogP contribution in [0.1, 0.15) is 25.3 Å². The van der Waals surface area contributed by atoms with Crippen LogP contribution < -0.4 is 5.73 Å². The van der Waals surface area contributed by atoms with E-state index in [4.69, 9.17) is 5.73 Å². The number of ketones is 1. The zero-order chi connectivity index (χ0) is 11.8. The van der Waals surface area contributed by atoms with Crippen molar-refractivity contribution in [3.8, 4) is 0 Å². The van der Waals surface area contributed by atoms with Gasteiger partial charge in [-0.2, -0.15) is 0 Å². The zero-order valence-electron chi connectivity index (χ0n) is 9.37. The monoisotopic (exact) mass is 221 g/mol. The number of hydrogen-bond donors (Lipinski definition) is 1. The van der Waals surface area contributed by atoms with Crippen molar-refractivity contribution in [2.75, 3.05) is 0 Å². The average molecular weight is 221 g/mol. The van der Waals surface area contributed by atoms with E-state index in [0.29, 0.717) is 12.3 Å². The van der Waals surface area contributed by atoms with Gasteiger partial charge in [-0.25, -0.2) is 4.39 Å². The lowest BCUT2D eigenvalue weighted by atomic mass is 9.88. The van der Waals surface area contributed by atoms with Gasteiger partial charge in [0.2, 0.25) is 0 Å². The summed E-state index contributed by atoms with van der Waals surface area (Å²) < 4.78 is 12.7. The Labute approximate surface area is 94.6 Å². The van der Waals surface area contributed by atoms with Gasteiger partial charge in [0.1, 0.15) is 5.82 Å². The summed E-state index contributed by atoms with van der Waals surface area (Å²) in [6.45, 7) is 1.80. The van der Waals surface area contributed by atoms with Gasteiger partial charge in [-0.1, -0.05) is 12.1 Å². The van der Waals surface area contributed by atoms with Crippen LogP contribution in [0.15, 0.2) is 24.3 Å². The lowest BCUT2D eigenvalue weighted by molar-refractivity contribution is -0.123. The summed E-state index contributed by atoms with van der Waals surface area (Å²) >= 11 is 0. The van der Waals surface area contributed by atoms with Crippen molar-refractivity contribution in [1.29, 1.82) is 0 Å². The number of nitrogens with two attached hydrogens (primary N) is 1. The number of benzene rings is 1. The van der Waals surface area contributed by atoms with E-state index in [0.717, 1.165) is 18.4 Å². The third-order valence-corrected chi connectivity index (χ3v) is 3.30. The molecule has 1 aromatic carbocycles. The van der Waals surface area contributed by atoms with E-state index in [-0.39, 0.29) is 11.6 Å². The fourth-order valence-electron chi connectivity index (χ4n) is 1.89. The number of halogens is 1. The molecule has 2 nitrogen and oxygen atoms in total. The van der Waals surface area contributed by atoms with Gasteiger partial charge in [0, 0.05) is 6.42 Å². The van der Waals surface area contributed by atoms with Crippen LogP contribution in [0.2, 0.25) is 0 Å². The molecule has 86 valence electrons. The van der Waals surface area contributed by atoms with Gasteiger partial charge in [-0.15, -0.1) is 0 Å². The summed E-state index contributed by atoms with van der Waals surface area (Å²) in [5.74, 6) is 0.0935. The van der Waals surface area contributed by atoms with Crippen LogP contribution >= 0.6 is 0 Å². The smallest absolute Gasteiger partial charge is 0.156 e. The molecule has 1 unspecified atom stereocenters. The molecule has 0 spiro atoms. The molecule has 2 N–H and O–H groups in total. The minimum atomic E-state index is -0.714. The van der Waals surface area contributed by atoms with Crippen molar-refractivity contribution in [3.63, 3.8) is 0 Å². The first-order valence-corrected chi connectivity index (χ1v) is 5.57. The summed E-state index contributed by atoms with van der Waals surface area (Å²) in [6, 6.07) is 6.01. The Bertz CT molecular complexity index is 393. The molecule has 16 heavy (non-hydrogen) atoms. The third kappa shape index (κ3) is 2.30. The maximum Gasteiger partial charge on any atom is 0.156 e. The van der Waals surface area contributed by atoms with Crippen molar-refractivity contribution in [1.82, 2.24) is 0 Å². The van der Waals surface area contributed by atoms with Crippen LogP contribution in [-0.2, 0) is 11.2 Å². The van der Waals surface area contributed by atoms with E-state index >= 15 is 0 Å². The lowest BCUT2D eigenvalue weighted by Crippen LogP contribution is -2.47. The zero-order valence-corrected chi connectivity index (χ0v) is 9.37. The number of carbonyl (C=O) groups is 1.